The Balaban J connectivity index is 1.51. The number of carbonyl (C=O) groups is 5. The molecule has 0 bridgehead atoms. The summed E-state index contributed by atoms with van der Waals surface area (Å²) in [6.45, 7) is 0.609. The fraction of sp³-hybridized carbons (Fsp3) is 0.227. The number of ether oxygens (including phenoxy) is 1. The van der Waals surface area contributed by atoms with Crippen LogP contribution < -0.4 is 10.7 Å². The number of hydrazine groups is 1. The van der Waals surface area contributed by atoms with Crippen molar-refractivity contribution in [1.82, 2.24) is 10.4 Å². The summed E-state index contributed by atoms with van der Waals surface area (Å²) in [6.07, 6.45) is -0.260. The van der Waals surface area contributed by atoms with E-state index in [-0.39, 0.29) is 24.3 Å². The van der Waals surface area contributed by atoms with Crippen molar-refractivity contribution in [1.29, 1.82) is 0 Å². The molecule has 1 aliphatic heterocycles. The van der Waals surface area contributed by atoms with Gasteiger partial charge in [0.2, 0.25) is 5.91 Å². The van der Waals surface area contributed by atoms with Gasteiger partial charge in [0.1, 0.15) is 5.56 Å². The van der Waals surface area contributed by atoms with Crippen molar-refractivity contribution in [2.24, 2.45) is 5.92 Å². The monoisotopic (exact) mass is 468 g/mol. The third kappa shape index (κ3) is 5.79. The van der Waals surface area contributed by atoms with E-state index in [0.29, 0.717) is 11.3 Å². The van der Waals surface area contributed by atoms with Crippen LogP contribution in [0, 0.1) is 16.0 Å². The highest BCUT2D eigenvalue weighted by molar-refractivity contribution is 6.00. The van der Waals surface area contributed by atoms with Crippen LogP contribution >= 0.6 is 0 Å². The summed E-state index contributed by atoms with van der Waals surface area (Å²) in [6, 6.07) is 11.4. The Morgan fingerprint density at radius 1 is 1.12 bits per heavy atom. The molecule has 1 atom stereocenters. The second kappa shape index (κ2) is 10.3. The average Bonchev–Trinajstić information content (AvgIpc) is 3.17. The van der Waals surface area contributed by atoms with E-state index in [0.717, 1.165) is 11.1 Å². The van der Waals surface area contributed by atoms with Crippen LogP contribution in [0.15, 0.2) is 48.5 Å². The number of hydrogen-bond acceptors (Lipinski definition) is 8. The smallest absolute Gasteiger partial charge is 0.311 e. The highest BCUT2D eigenvalue weighted by atomic mass is 16.6. The lowest BCUT2D eigenvalue weighted by Crippen LogP contribution is -2.43. The number of nitrogens with zero attached hydrogens (tertiary/aromatic N) is 2. The van der Waals surface area contributed by atoms with Gasteiger partial charge in [-0.3, -0.25) is 44.5 Å². The average molecular weight is 468 g/mol. The topological polar surface area (TPSA) is 165 Å². The van der Waals surface area contributed by atoms with Crippen LogP contribution in [0.4, 0.5) is 11.4 Å². The van der Waals surface area contributed by atoms with Crippen LogP contribution in [-0.4, -0.2) is 52.6 Å². The van der Waals surface area contributed by atoms with Crippen molar-refractivity contribution in [2.45, 2.75) is 13.3 Å². The lowest BCUT2D eigenvalue weighted by Gasteiger charge is -2.17. The van der Waals surface area contributed by atoms with Crippen molar-refractivity contribution in [2.75, 3.05) is 18.5 Å². The number of amides is 3. The first-order chi connectivity index (χ1) is 16.2. The molecule has 1 heterocycles. The SMILES string of the molecule is CC(=O)c1ccc(NC(=O)COC(=O)[C@H]2CC(=O)N(NC(=O)c3ccccc3[N+](=O)[O-])C2)cc1. The minimum Gasteiger partial charge on any atom is -0.455 e. The molecule has 1 saturated heterocycles. The summed E-state index contributed by atoms with van der Waals surface area (Å²) in [5.41, 5.74) is 2.49. The van der Waals surface area contributed by atoms with E-state index in [1.165, 1.54) is 37.3 Å². The number of Topliss-reactive ketones (excluding diaryl/α,β-unsaturated/α-hetero) is 1. The zero-order valence-electron chi connectivity index (χ0n) is 18.0. The van der Waals surface area contributed by atoms with Crippen molar-refractivity contribution in [3.8, 4) is 0 Å². The quantitative estimate of drug-likeness (QED) is 0.254. The number of ketones is 1. The molecule has 2 aromatic carbocycles. The lowest BCUT2D eigenvalue weighted by molar-refractivity contribution is -0.385. The molecule has 34 heavy (non-hydrogen) atoms. The molecule has 0 aliphatic carbocycles. The van der Waals surface area contributed by atoms with Crippen LogP contribution in [0.5, 0.6) is 0 Å². The maximum atomic E-state index is 12.4. The maximum absolute atomic E-state index is 12.4. The van der Waals surface area contributed by atoms with Gasteiger partial charge in [-0.25, -0.2) is 0 Å². The van der Waals surface area contributed by atoms with Gasteiger partial charge in [0.05, 0.1) is 17.4 Å². The molecule has 0 aromatic heterocycles. The maximum Gasteiger partial charge on any atom is 0.311 e. The van der Waals surface area contributed by atoms with E-state index >= 15 is 0 Å². The Bertz CT molecular complexity index is 1160. The third-order valence-corrected chi connectivity index (χ3v) is 4.96. The molecule has 12 nitrogen and oxygen atoms in total. The number of carbonyl (C=O) groups excluding carboxylic acids is 5. The number of anilines is 1. The van der Waals surface area contributed by atoms with Gasteiger partial charge in [0.25, 0.3) is 17.5 Å². The van der Waals surface area contributed by atoms with Crippen LogP contribution in [-0.2, 0) is 19.1 Å². The number of nitrogens with one attached hydrogen (secondary N) is 2. The predicted molar refractivity (Wildman–Crippen MR) is 116 cm³/mol. The second-order valence-corrected chi connectivity index (χ2v) is 7.41. The van der Waals surface area contributed by atoms with Crippen molar-refractivity contribution in [3.63, 3.8) is 0 Å². The van der Waals surface area contributed by atoms with Crippen molar-refractivity contribution in [3.05, 3.63) is 69.8 Å². The molecule has 0 spiro atoms. The minimum atomic E-state index is -0.929. The Morgan fingerprint density at radius 2 is 1.79 bits per heavy atom. The molecular formula is C22H20N4O8. The molecule has 0 unspecified atom stereocenters. The van der Waals surface area contributed by atoms with Crippen LogP contribution in [0.3, 0.4) is 0 Å². The number of esters is 1. The van der Waals surface area contributed by atoms with Gasteiger partial charge < -0.3 is 10.1 Å². The van der Waals surface area contributed by atoms with Gasteiger partial charge in [-0.1, -0.05) is 12.1 Å². The molecule has 3 rings (SSSR count). The van der Waals surface area contributed by atoms with Crippen molar-refractivity contribution >= 4 is 40.8 Å². The first-order valence-corrected chi connectivity index (χ1v) is 10.1. The summed E-state index contributed by atoms with van der Waals surface area (Å²) in [7, 11) is 0. The molecule has 1 fully saturated rings. The Hall–Kier alpha value is -4.61. The second-order valence-electron chi connectivity index (χ2n) is 7.41. The molecule has 2 aromatic rings. The van der Waals surface area contributed by atoms with E-state index in [2.05, 4.69) is 10.7 Å². The highest BCUT2D eigenvalue weighted by Gasteiger charge is 2.37. The van der Waals surface area contributed by atoms with E-state index in [1.807, 2.05) is 0 Å². The first kappa shape index (κ1) is 24.0. The number of benzene rings is 2. The van der Waals surface area contributed by atoms with E-state index in [1.54, 1.807) is 12.1 Å². The summed E-state index contributed by atoms with van der Waals surface area (Å²) < 4.78 is 4.97. The molecule has 176 valence electrons. The Labute approximate surface area is 193 Å². The first-order valence-electron chi connectivity index (χ1n) is 10.1. The number of hydrogen-bond donors (Lipinski definition) is 2. The van der Waals surface area contributed by atoms with Crippen molar-refractivity contribution < 1.29 is 33.6 Å². The van der Waals surface area contributed by atoms with E-state index in [4.69, 9.17) is 4.74 Å². The molecule has 0 saturated carbocycles. The summed E-state index contributed by atoms with van der Waals surface area (Å²) >= 11 is 0. The standard InChI is InChI=1S/C22H20N4O8/c1-13(27)14-6-8-16(9-7-14)23-19(28)12-34-22(31)15-10-20(29)25(11-15)24-21(30)17-4-2-3-5-18(17)26(32)33/h2-9,15H,10-12H2,1H3,(H,23,28)(H,24,30)/t15-/m0/s1. The predicted octanol–water partition coefficient (Wildman–Crippen LogP) is 1.47. The molecular weight excluding hydrogens is 448 g/mol. The number of nitro groups is 1. The van der Waals surface area contributed by atoms with Crippen LogP contribution in [0.25, 0.3) is 0 Å². The van der Waals surface area contributed by atoms with Gasteiger partial charge in [-0.2, -0.15) is 0 Å². The molecule has 2 N–H and O–H groups in total. The van der Waals surface area contributed by atoms with E-state index in [9.17, 15) is 34.1 Å². The summed E-state index contributed by atoms with van der Waals surface area (Å²) in [5, 5.41) is 14.5. The zero-order chi connectivity index (χ0) is 24.8. The van der Waals surface area contributed by atoms with Gasteiger partial charge in [-0.05, 0) is 37.3 Å². The normalized spacial score (nSPS) is 14.9. The van der Waals surface area contributed by atoms with Gasteiger partial charge in [0, 0.05) is 23.7 Å². The van der Waals surface area contributed by atoms with Crippen LogP contribution in [0.2, 0.25) is 0 Å². The lowest BCUT2D eigenvalue weighted by atomic mass is 10.1. The fourth-order valence-corrected chi connectivity index (χ4v) is 3.22. The number of rotatable bonds is 8. The van der Waals surface area contributed by atoms with Crippen LogP contribution in [0.1, 0.15) is 34.1 Å². The number of para-hydroxylation sites is 1. The largest absolute Gasteiger partial charge is 0.455 e. The molecule has 3 amide bonds. The third-order valence-electron chi connectivity index (χ3n) is 4.96. The summed E-state index contributed by atoms with van der Waals surface area (Å²) in [5.74, 6) is -3.92. The molecule has 1 aliphatic rings. The summed E-state index contributed by atoms with van der Waals surface area (Å²) in [4.78, 5) is 70.6. The number of nitro benzene ring substituents is 1. The van der Waals surface area contributed by atoms with Gasteiger partial charge >= 0.3 is 5.97 Å². The van der Waals surface area contributed by atoms with Gasteiger partial charge in [-0.15, -0.1) is 0 Å². The van der Waals surface area contributed by atoms with Gasteiger partial charge in [0.15, 0.2) is 12.4 Å². The highest BCUT2D eigenvalue weighted by Crippen LogP contribution is 2.21. The Kier molecular flexibility index (Phi) is 7.31. The fourth-order valence-electron chi connectivity index (χ4n) is 3.22. The molecule has 0 radical (unpaired) electrons. The van der Waals surface area contributed by atoms with E-state index < -0.39 is 46.8 Å². The zero-order valence-corrected chi connectivity index (χ0v) is 18.0. The molecule has 12 heteroatoms. The Morgan fingerprint density at radius 3 is 2.44 bits per heavy atom. The minimum absolute atomic E-state index is 0.120.